The first kappa shape index (κ1) is 34.2. The first-order chi connectivity index (χ1) is 17.1. The van der Waals surface area contributed by atoms with E-state index in [-0.39, 0.29) is 41.2 Å². The molecule has 0 aromatic heterocycles. The van der Waals surface area contributed by atoms with Crippen LogP contribution in [0.15, 0.2) is 24.3 Å². The van der Waals surface area contributed by atoms with E-state index in [9.17, 15) is 33.1 Å². The van der Waals surface area contributed by atoms with Gasteiger partial charge in [0, 0.05) is 12.1 Å². The summed E-state index contributed by atoms with van der Waals surface area (Å²) in [6.45, 7) is 1.46. The molecule has 4 N–H and O–H groups in total. The maximum absolute atomic E-state index is 12.2. The summed E-state index contributed by atoms with van der Waals surface area (Å²) in [5.74, 6) is 0.0871. The average molecular weight is 556 g/mol. The SMILES string of the molecule is CCCCCCCCCCCC(=O)Nc1ccc(O[C@@H]2O[C@H](CO)[C@H](O)[C@H](OS(=O)(=O)[O-])[C@H]2O)cc1.[Na+]. The van der Waals surface area contributed by atoms with Crippen molar-refractivity contribution in [1.82, 2.24) is 0 Å². The molecule has 1 aromatic carbocycles. The van der Waals surface area contributed by atoms with Crippen molar-refractivity contribution in [1.29, 1.82) is 0 Å². The molecule has 0 aliphatic carbocycles. The minimum atomic E-state index is -5.25. The van der Waals surface area contributed by atoms with Gasteiger partial charge in [-0.3, -0.25) is 8.98 Å². The van der Waals surface area contributed by atoms with Crippen LogP contribution in [0.1, 0.15) is 71.1 Å². The van der Waals surface area contributed by atoms with Crippen LogP contribution in [0.25, 0.3) is 0 Å². The number of aliphatic hydroxyl groups excluding tert-OH is 3. The van der Waals surface area contributed by atoms with Crippen LogP contribution in [0.3, 0.4) is 0 Å². The molecule has 0 spiro atoms. The van der Waals surface area contributed by atoms with E-state index in [1.807, 2.05) is 0 Å². The fourth-order valence-corrected chi connectivity index (χ4v) is 4.47. The number of hydrogen-bond acceptors (Lipinski definition) is 10. The second-order valence-electron chi connectivity index (χ2n) is 8.94. The van der Waals surface area contributed by atoms with Crippen LogP contribution in [0.2, 0.25) is 0 Å². The number of rotatable bonds is 16. The third-order valence-corrected chi connectivity index (χ3v) is 6.41. The van der Waals surface area contributed by atoms with Crippen molar-refractivity contribution >= 4 is 22.0 Å². The van der Waals surface area contributed by atoms with Crippen LogP contribution in [-0.2, 0) is 24.1 Å². The number of carbonyl (C=O) groups excluding carboxylic acids is 1. The van der Waals surface area contributed by atoms with E-state index in [0.717, 1.165) is 19.3 Å². The first-order valence-corrected chi connectivity index (χ1v) is 13.8. The Morgan fingerprint density at radius 3 is 2.11 bits per heavy atom. The van der Waals surface area contributed by atoms with Crippen LogP contribution in [0.5, 0.6) is 5.75 Å². The smallest absolute Gasteiger partial charge is 0.726 e. The van der Waals surface area contributed by atoms with Crippen LogP contribution in [0.4, 0.5) is 5.69 Å². The minimum Gasteiger partial charge on any atom is -0.726 e. The fraction of sp³-hybridized carbons (Fsp3) is 0.708. The van der Waals surface area contributed by atoms with Crippen LogP contribution < -0.4 is 39.6 Å². The number of benzene rings is 1. The number of hydrogen-bond donors (Lipinski definition) is 4. The Morgan fingerprint density at radius 2 is 1.57 bits per heavy atom. The van der Waals surface area contributed by atoms with Gasteiger partial charge in [0.1, 0.15) is 30.2 Å². The van der Waals surface area contributed by atoms with Crippen molar-refractivity contribution < 1.29 is 76.3 Å². The van der Waals surface area contributed by atoms with E-state index in [1.165, 1.54) is 50.7 Å². The Balaban J connectivity index is 0.00000684. The second-order valence-corrected chi connectivity index (χ2v) is 9.95. The number of unbranched alkanes of at least 4 members (excludes halogenated alkanes) is 8. The zero-order valence-electron chi connectivity index (χ0n) is 21.6. The molecule has 5 atom stereocenters. The summed E-state index contributed by atoms with van der Waals surface area (Å²) < 4.78 is 47.9. The van der Waals surface area contributed by atoms with Gasteiger partial charge in [-0.2, -0.15) is 0 Å². The standard InChI is InChI=1S/C24H39NO10S.Na/c1-2-3-4-5-6-7-8-9-10-11-20(27)25-17-12-14-18(15-13-17)33-24-22(29)23(35-36(30,31)32)21(28)19(16-26)34-24;/h12-15,19,21-24,26,28-29H,2-11,16H2,1H3,(H,25,27)(H,30,31,32);/q;+1/p-1/t19-,21+,22-,23+,24-;/m1./s1. The summed E-state index contributed by atoms with van der Waals surface area (Å²) >= 11 is 0. The molecule has 1 amide bonds. The monoisotopic (exact) mass is 555 g/mol. The average Bonchev–Trinajstić information content (AvgIpc) is 2.83. The molecule has 2 rings (SSSR count). The number of anilines is 1. The summed E-state index contributed by atoms with van der Waals surface area (Å²) in [7, 11) is -5.25. The molecular weight excluding hydrogens is 517 g/mol. The van der Waals surface area contributed by atoms with Crippen molar-refractivity contribution in [2.45, 2.75) is 102 Å². The van der Waals surface area contributed by atoms with Gasteiger partial charge in [0.25, 0.3) is 0 Å². The Labute approximate surface area is 241 Å². The van der Waals surface area contributed by atoms with Gasteiger partial charge in [0.05, 0.1) is 6.61 Å². The molecule has 0 bridgehead atoms. The summed E-state index contributed by atoms with van der Waals surface area (Å²) in [6, 6.07) is 6.13. The molecule has 0 radical (unpaired) electrons. The molecule has 11 nitrogen and oxygen atoms in total. The quantitative estimate of drug-likeness (QED) is 0.0876. The molecule has 1 saturated heterocycles. The van der Waals surface area contributed by atoms with Gasteiger partial charge < -0.3 is 34.7 Å². The summed E-state index contributed by atoms with van der Waals surface area (Å²) in [4.78, 5) is 12.2. The Bertz CT molecular complexity index is 886. The maximum atomic E-state index is 12.2. The van der Waals surface area contributed by atoms with Gasteiger partial charge in [-0.15, -0.1) is 0 Å². The van der Waals surface area contributed by atoms with Gasteiger partial charge in [-0.25, -0.2) is 8.42 Å². The van der Waals surface area contributed by atoms with Crippen LogP contribution in [-0.4, -0.2) is 71.5 Å². The molecule has 37 heavy (non-hydrogen) atoms. The van der Waals surface area contributed by atoms with Crippen molar-refractivity contribution in [2.24, 2.45) is 0 Å². The van der Waals surface area contributed by atoms with E-state index in [4.69, 9.17) is 9.47 Å². The number of nitrogens with one attached hydrogen (secondary N) is 1. The molecule has 1 aliphatic rings. The normalized spacial score (nSPS) is 23.8. The molecule has 1 fully saturated rings. The first-order valence-electron chi connectivity index (χ1n) is 12.5. The Morgan fingerprint density at radius 1 is 1.00 bits per heavy atom. The molecule has 0 unspecified atom stereocenters. The van der Waals surface area contributed by atoms with E-state index in [1.54, 1.807) is 12.1 Å². The van der Waals surface area contributed by atoms with Crippen LogP contribution >= 0.6 is 0 Å². The fourth-order valence-electron chi connectivity index (χ4n) is 3.97. The number of carbonyl (C=O) groups is 1. The molecule has 1 aliphatic heterocycles. The van der Waals surface area contributed by atoms with Crippen molar-refractivity contribution in [3.8, 4) is 5.75 Å². The molecule has 0 saturated carbocycles. The summed E-state index contributed by atoms with van der Waals surface area (Å²) in [6.07, 6.45) is 2.53. The zero-order valence-corrected chi connectivity index (χ0v) is 24.4. The predicted molar refractivity (Wildman–Crippen MR) is 130 cm³/mol. The van der Waals surface area contributed by atoms with Gasteiger partial charge in [0.2, 0.25) is 22.6 Å². The van der Waals surface area contributed by atoms with Crippen molar-refractivity contribution in [3.05, 3.63) is 24.3 Å². The van der Waals surface area contributed by atoms with E-state index in [2.05, 4.69) is 16.4 Å². The van der Waals surface area contributed by atoms with Gasteiger partial charge in [-0.1, -0.05) is 58.3 Å². The zero-order chi connectivity index (χ0) is 26.6. The Kier molecular flexibility index (Phi) is 16.4. The number of amides is 1. The van der Waals surface area contributed by atoms with Gasteiger partial charge in [0.15, 0.2) is 0 Å². The van der Waals surface area contributed by atoms with Crippen molar-refractivity contribution in [3.63, 3.8) is 0 Å². The maximum Gasteiger partial charge on any atom is 1.00 e. The topological polar surface area (TPSA) is 175 Å². The molecule has 206 valence electrons. The van der Waals surface area contributed by atoms with Gasteiger partial charge >= 0.3 is 29.6 Å². The number of ether oxygens (including phenoxy) is 2. The second kappa shape index (κ2) is 17.7. The summed E-state index contributed by atoms with van der Waals surface area (Å²) in [5, 5.41) is 32.5. The molecule has 1 heterocycles. The van der Waals surface area contributed by atoms with Crippen molar-refractivity contribution in [2.75, 3.05) is 11.9 Å². The predicted octanol–water partition coefficient (Wildman–Crippen LogP) is -0.787. The van der Waals surface area contributed by atoms with E-state index >= 15 is 0 Å². The van der Waals surface area contributed by atoms with E-state index in [0.29, 0.717) is 12.1 Å². The van der Waals surface area contributed by atoms with Gasteiger partial charge in [-0.05, 0) is 30.7 Å². The third kappa shape index (κ3) is 12.7. The third-order valence-electron chi connectivity index (χ3n) is 5.95. The largest absolute Gasteiger partial charge is 1.00 e. The minimum absolute atomic E-state index is 0. The molecular formula is C24H38NNaO10S. The molecule has 13 heteroatoms. The molecule has 1 aromatic rings. The Hall–Kier alpha value is -0.800. The summed E-state index contributed by atoms with van der Waals surface area (Å²) in [5.41, 5.74) is 0.538. The van der Waals surface area contributed by atoms with Crippen LogP contribution in [0, 0.1) is 0 Å². The number of aliphatic hydroxyl groups is 3. The van der Waals surface area contributed by atoms with E-state index < -0.39 is 47.7 Å².